The third-order valence-corrected chi connectivity index (χ3v) is 5.98. The van der Waals surface area contributed by atoms with Crippen molar-refractivity contribution in [3.05, 3.63) is 41.6 Å². The lowest BCUT2D eigenvalue weighted by atomic mass is 9.89. The molecule has 1 amide bonds. The number of hydrogen-bond donors (Lipinski definition) is 1. The van der Waals surface area contributed by atoms with Gasteiger partial charge in [0.2, 0.25) is 0 Å². The second-order valence-electron chi connectivity index (χ2n) is 8.32. The quantitative estimate of drug-likeness (QED) is 0.482. The van der Waals surface area contributed by atoms with Crippen LogP contribution in [0.25, 0.3) is 11.3 Å². The molecule has 4 nitrogen and oxygen atoms in total. The number of carbonyl (C=O) groups is 1. The summed E-state index contributed by atoms with van der Waals surface area (Å²) in [5, 5.41) is 2.97. The Hall–Kier alpha value is -2.44. The van der Waals surface area contributed by atoms with Crippen LogP contribution in [0.15, 0.2) is 30.3 Å². The van der Waals surface area contributed by atoms with Crippen molar-refractivity contribution in [1.29, 1.82) is 0 Å². The van der Waals surface area contributed by atoms with Gasteiger partial charge >= 0.3 is 6.36 Å². The van der Waals surface area contributed by atoms with Gasteiger partial charge in [-0.1, -0.05) is 32.6 Å². The highest BCUT2D eigenvalue weighted by Gasteiger charge is 2.31. The first-order valence-electron chi connectivity index (χ1n) is 11.1. The maximum Gasteiger partial charge on any atom is 0.573 e. The second kappa shape index (κ2) is 10.2. The molecule has 1 heterocycles. The highest BCUT2D eigenvalue weighted by atomic mass is 19.4. The highest BCUT2D eigenvalue weighted by Crippen LogP contribution is 2.32. The zero-order valence-corrected chi connectivity index (χ0v) is 18.2. The largest absolute Gasteiger partial charge is 0.573 e. The van der Waals surface area contributed by atoms with E-state index in [0.29, 0.717) is 18.0 Å². The molecule has 0 radical (unpaired) electrons. The highest BCUT2D eigenvalue weighted by molar-refractivity contribution is 5.97. The van der Waals surface area contributed by atoms with Gasteiger partial charge in [-0.15, -0.1) is 13.2 Å². The molecule has 1 saturated carbocycles. The number of carbonyl (C=O) groups excluding carboxylic acids is 1. The van der Waals surface area contributed by atoms with Crippen LogP contribution in [0.3, 0.4) is 0 Å². The molecule has 1 N–H and O–H groups in total. The number of alkyl halides is 3. The Balaban J connectivity index is 1.90. The molecular formula is C24H31F3N2O2. The first kappa shape index (κ1) is 23.2. The molecule has 1 aromatic carbocycles. The monoisotopic (exact) mass is 436 g/mol. The Morgan fingerprint density at radius 3 is 2.45 bits per heavy atom. The minimum Gasteiger partial charge on any atom is -0.406 e. The molecule has 0 atom stereocenters. The van der Waals surface area contributed by atoms with E-state index in [-0.39, 0.29) is 11.7 Å². The number of ether oxygens (including phenoxy) is 1. The van der Waals surface area contributed by atoms with Gasteiger partial charge in [-0.25, -0.2) is 0 Å². The molecule has 2 aromatic rings. The maximum absolute atomic E-state index is 12.8. The molecule has 0 bridgehead atoms. The van der Waals surface area contributed by atoms with Crippen LogP contribution in [0.4, 0.5) is 13.2 Å². The van der Waals surface area contributed by atoms with Gasteiger partial charge in [-0.2, -0.15) is 0 Å². The van der Waals surface area contributed by atoms with Crippen molar-refractivity contribution in [2.24, 2.45) is 5.92 Å². The van der Waals surface area contributed by atoms with Gasteiger partial charge in [0, 0.05) is 24.5 Å². The van der Waals surface area contributed by atoms with Gasteiger partial charge in [0.15, 0.2) is 0 Å². The number of nitrogens with zero attached hydrogens (tertiary/aromatic N) is 1. The summed E-state index contributed by atoms with van der Waals surface area (Å²) in [6.45, 7) is 5.45. The Kier molecular flexibility index (Phi) is 7.68. The molecule has 1 fully saturated rings. The average Bonchev–Trinajstić information content (AvgIpc) is 3.05. The standard InChI is InChI=1S/C24H31F3N2O2/c1-3-4-14-28-23(30)21-15-22(19-10-12-20(13-11-19)31-24(25,26)27)29(17(21)2)16-18-8-6-5-7-9-18/h10-13,15,18H,3-9,14,16H2,1-2H3,(H,28,30). The normalized spacial score (nSPS) is 15.1. The molecule has 0 aliphatic heterocycles. The SMILES string of the molecule is CCCCNC(=O)c1cc(-c2ccc(OC(F)(F)F)cc2)n(CC2CCCCC2)c1C. The van der Waals surface area contributed by atoms with Crippen LogP contribution in [0.1, 0.15) is 67.9 Å². The Morgan fingerprint density at radius 2 is 1.84 bits per heavy atom. The number of amides is 1. The number of benzene rings is 1. The molecule has 1 aliphatic rings. The topological polar surface area (TPSA) is 43.3 Å². The first-order chi connectivity index (χ1) is 14.8. The van der Waals surface area contributed by atoms with E-state index in [9.17, 15) is 18.0 Å². The van der Waals surface area contributed by atoms with E-state index in [0.717, 1.165) is 49.2 Å². The fourth-order valence-corrected chi connectivity index (χ4v) is 4.28. The Bertz CT molecular complexity index is 866. The van der Waals surface area contributed by atoms with Gasteiger partial charge < -0.3 is 14.6 Å². The summed E-state index contributed by atoms with van der Waals surface area (Å²) in [5.74, 6) is 0.185. The minimum absolute atomic E-state index is 0.105. The number of unbranched alkanes of at least 4 members (excludes halogenated alkanes) is 1. The fraction of sp³-hybridized carbons (Fsp3) is 0.542. The molecule has 170 valence electrons. The molecule has 1 aliphatic carbocycles. The smallest absolute Gasteiger partial charge is 0.406 e. The van der Waals surface area contributed by atoms with Crippen molar-refractivity contribution < 1.29 is 22.7 Å². The lowest BCUT2D eigenvalue weighted by Crippen LogP contribution is -2.25. The summed E-state index contributed by atoms with van der Waals surface area (Å²) in [6.07, 6.45) is 3.21. The zero-order chi connectivity index (χ0) is 22.4. The number of rotatable bonds is 8. The molecule has 1 aromatic heterocycles. The predicted molar refractivity (Wildman–Crippen MR) is 115 cm³/mol. The van der Waals surface area contributed by atoms with Gasteiger partial charge in [0.05, 0.1) is 5.56 Å². The first-order valence-corrected chi connectivity index (χ1v) is 11.1. The summed E-state index contributed by atoms with van der Waals surface area (Å²) < 4.78 is 43.6. The van der Waals surface area contributed by atoms with Crippen molar-refractivity contribution in [3.63, 3.8) is 0 Å². The van der Waals surface area contributed by atoms with Crippen LogP contribution >= 0.6 is 0 Å². The van der Waals surface area contributed by atoms with Crippen LogP contribution < -0.4 is 10.1 Å². The molecule has 0 saturated heterocycles. The number of aromatic nitrogens is 1. The Morgan fingerprint density at radius 1 is 1.16 bits per heavy atom. The molecule has 31 heavy (non-hydrogen) atoms. The van der Waals surface area contributed by atoms with Gasteiger partial charge in [0.1, 0.15) is 5.75 Å². The van der Waals surface area contributed by atoms with E-state index in [2.05, 4.69) is 21.5 Å². The number of halogens is 3. The van der Waals surface area contributed by atoms with Crippen molar-refractivity contribution in [1.82, 2.24) is 9.88 Å². The third-order valence-electron chi connectivity index (χ3n) is 5.98. The van der Waals surface area contributed by atoms with E-state index in [4.69, 9.17) is 0 Å². The maximum atomic E-state index is 12.8. The van der Waals surface area contributed by atoms with Crippen LogP contribution in [0, 0.1) is 12.8 Å². The van der Waals surface area contributed by atoms with Crippen molar-refractivity contribution in [2.45, 2.75) is 71.7 Å². The van der Waals surface area contributed by atoms with Crippen molar-refractivity contribution in [2.75, 3.05) is 6.54 Å². The third kappa shape index (κ3) is 6.28. The number of hydrogen-bond acceptors (Lipinski definition) is 2. The van der Waals surface area contributed by atoms with E-state index < -0.39 is 6.36 Å². The average molecular weight is 437 g/mol. The lowest BCUT2D eigenvalue weighted by Gasteiger charge is -2.24. The molecule has 7 heteroatoms. The minimum atomic E-state index is -4.72. The van der Waals surface area contributed by atoms with Gasteiger partial charge in [0.25, 0.3) is 5.91 Å². The van der Waals surface area contributed by atoms with E-state index >= 15 is 0 Å². The molecule has 3 rings (SSSR count). The number of nitrogens with one attached hydrogen (secondary N) is 1. The van der Waals surface area contributed by atoms with Crippen LogP contribution in [-0.2, 0) is 6.54 Å². The lowest BCUT2D eigenvalue weighted by molar-refractivity contribution is -0.274. The predicted octanol–water partition coefficient (Wildman–Crippen LogP) is 6.47. The Labute approximate surface area is 181 Å². The van der Waals surface area contributed by atoms with Crippen LogP contribution in [0.5, 0.6) is 5.75 Å². The van der Waals surface area contributed by atoms with Crippen molar-refractivity contribution in [3.8, 4) is 17.0 Å². The zero-order valence-electron chi connectivity index (χ0n) is 18.2. The molecule has 0 spiro atoms. The summed E-state index contributed by atoms with van der Waals surface area (Å²) in [6, 6.07) is 7.73. The van der Waals surface area contributed by atoms with E-state index in [1.54, 1.807) is 12.1 Å². The molecular weight excluding hydrogens is 405 g/mol. The fourth-order valence-electron chi connectivity index (χ4n) is 4.28. The summed E-state index contributed by atoms with van der Waals surface area (Å²) in [7, 11) is 0. The summed E-state index contributed by atoms with van der Waals surface area (Å²) in [5.41, 5.74) is 3.13. The van der Waals surface area contributed by atoms with Crippen LogP contribution in [-0.4, -0.2) is 23.4 Å². The van der Waals surface area contributed by atoms with E-state index in [1.165, 1.54) is 31.4 Å². The van der Waals surface area contributed by atoms with E-state index in [1.807, 2.05) is 13.0 Å². The van der Waals surface area contributed by atoms with Gasteiger partial charge in [-0.05, 0) is 68.0 Å². The summed E-state index contributed by atoms with van der Waals surface area (Å²) >= 11 is 0. The molecule has 0 unspecified atom stereocenters. The van der Waals surface area contributed by atoms with Crippen LogP contribution in [0.2, 0.25) is 0 Å². The summed E-state index contributed by atoms with van der Waals surface area (Å²) in [4.78, 5) is 12.8. The van der Waals surface area contributed by atoms with Crippen molar-refractivity contribution >= 4 is 5.91 Å². The van der Waals surface area contributed by atoms with Gasteiger partial charge in [-0.3, -0.25) is 4.79 Å². The second-order valence-corrected chi connectivity index (χ2v) is 8.32.